The number of nitrogens with zero attached hydrogens (tertiary/aromatic N) is 1. The number of H-pyrrole nitrogens is 1. The van der Waals surface area contributed by atoms with Gasteiger partial charge in [0.15, 0.2) is 0 Å². The van der Waals surface area contributed by atoms with Crippen LogP contribution < -0.4 is 27.0 Å². The molecule has 1 aromatic heterocycles. The van der Waals surface area contributed by atoms with Gasteiger partial charge in [-0.1, -0.05) is 55.4 Å². The molecule has 0 unspecified atom stereocenters. The van der Waals surface area contributed by atoms with E-state index in [1.807, 2.05) is 0 Å². The average Bonchev–Trinajstić information content (AvgIpc) is 3.34. The summed E-state index contributed by atoms with van der Waals surface area (Å²) in [4.78, 5) is 70.7. The van der Waals surface area contributed by atoms with Crippen molar-refractivity contribution in [3.8, 4) is 0 Å². The van der Waals surface area contributed by atoms with E-state index in [0.717, 1.165) is 0 Å². The number of carboxylic acid groups (broad SMARTS) is 1. The van der Waals surface area contributed by atoms with E-state index >= 15 is 0 Å². The summed E-state index contributed by atoms with van der Waals surface area (Å²) in [6.45, 7) is 13.8. The first-order valence-corrected chi connectivity index (χ1v) is 13.2. The number of carbonyl (C=O) groups excluding carboxylic acids is 4. The van der Waals surface area contributed by atoms with Crippen LogP contribution in [0.15, 0.2) is 12.5 Å². The van der Waals surface area contributed by atoms with Gasteiger partial charge < -0.3 is 37.1 Å². The summed E-state index contributed by atoms with van der Waals surface area (Å²) in [5.74, 6) is -4.80. The molecule has 1 heterocycles. The highest BCUT2D eigenvalue weighted by Crippen LogP contribution is 2.10. The zero-order chi connectivity index (χ0) is 30.0. The molecule has 0 saturated carbocycles. The number of carboxylic acids is 1. The van der Waals surface area contributed by atoms with Crippen molar-refractivity contribution in [1.82, 2.24) is 31.2 Å². The highest BCUT2D eigenvalue weighted by Gasteiger charge is 2.34. The number of hydrogen-bond acceptors (Lipinski definition) is 7. The van der Waals surface area contributed by atoms with E-state index in [4.69, 9.17) is 5.73 Å². The molecule has 0 bridgehead atoms. The molecule has 0 fully saturated rings. The second-order valence-corrected chi connectivity index (χ2v) is 11.1. The minimum absolute atomic E-state index is 0.0258. The average molecular weight is 552 g/mol. The summed E-state index contributed by atoms with van der Waals surface area (Å²) < 4.78 is 0. The molecule has 0 aliphatic heterocycles. The topological polar surface area (TPSA) is 208 Å². The summed E-state index contributed by atoms with van der Waals surface area (Å²) in [5.41, 5.74) is 6.49. The molecule has 1 aromatic rings. The Hall–Kier alpha value is -3.48. The van der Waals surface area contributed by atoms with E-state index in [1.165, 1.54) is 12.5 Å². The van der Waals surface area contributed by atoms with Crippen molar-refractivity contribution in [2.24, 2.45) is 29.4 Å². The molecule has 13 nitrogen and oxygen atoms in total. The lowest BCUT2D eigenvalue weighted by atomic mass is 9.98. The van der Waals surface area contributed by atoms with E-state index in [-0.39, 0.29) is 30.1 Å². The number of hydrogen-bond donors (Lipinski definition) is 7. The monoisotopic (exact) mass is 551 g/mol. The molecule has 1 rings (SSSR count). The van der Waals surface area contributed by atoms with Gasteiger partial charge in [-0.25, -0.2) is 9.78 Å². The second kappa shape index (κ2) is 15.2. The number of imidazole rings is 1. The van der Waals surface area contributed by atoms with Crippen molar-refractivity contribution in [2.75, 3.05) is 0 Å². The first kappa shape index (κ1) is 33.5. The molecule has 220 valence electrons. The second-order valence-electron chi connectivity index (χ2n) is 11.1. The fraction of sp³-hybridized carbons (Fsp3) is 0.692. The van der Waals surface area contributed by atoms with Gasteiger partial charge in [-0.15, -0.1) is 0 Å². The van der Waals surface area contributed by atoms with Crippen LogP contribution >= 0.6 is 0 Å². The fourth-order valence-electron chi connectivity index (χ4n) is 3.72. The molecule has 0 aromatic carbocycles. The molecule has 13 heteroatoms. The first-order valence-electron chi connectivity index (χ1n) is 13.2. The number of aromatic nitrogens is 2. The molecule has 0 radical (unpaired) electrons. The minimum atomic E-state index is -1.18. The van der Waals surface area contributed by atoms with E-state index < -0.39 is 59.8 Å². The Kier molecular flexibility index (Phi) is 13.1. The predicted molar refractivity (Wildman–Crippen MR) is 145 cm³/mol. The minimum Gasteiger partial charge on any atom is -0.480 e. The summed E-state index contributed by atoms with van der Waals surface area (Å²) >= 11 is 0. The molecule has 5 atom stereocenters. The van der Waals surface area contributed by atoms with Gasteiger partial charge in [0.1, 0.15) is 24.2 Å². The SMILES string of the molecule is CC(C)[C@H](N)C(=O)N[C@H](C(=O)N[C@@H](Cc1cnc[nH]1)C(=O)N[C@H](C(=O)N[C@H](C(=O)O)C(C)C)C(C)C)C(C)C. The molecule has 0 saturated heterocycles. The van der Waals surface area contributed by atoms with Gasteiger partial charge in [0.25, 0.3) is 0 Å². The van der Waals surface area contributed by atoms with Crippen LogP contribution in [0.25, 0.3) is 0 Å². The van der Waals surface area contributed by atoms with Crippen molar-refractivity contribution >= 4 is 29.6 Å². The Bertz CT molecular complexity index is 977. The normalized spacial score (nSPS) is 15.4. The number of nitrogens with one attached hydrogen (secondary N) is 5. The third-order valence-electron chi connectivity index (χ3n) is 6.36. The molecular weight excluding hydrogens is 506 g/mol. The van der Waals surface area contributed by atoms with Gasteiger partial charge in [0.2, 0.25) is 23.6 Å². The van der Waals surface area contributed by atoms with Crippen molar-refractivity contribution in [1.29, 1.82) is 0 Å². The molecule has 8 N–H and O–H groups in total. The Morgan fingerprint density at radius 2 is 1.21 bits per heavy atom. The highest BCUT2D eigenvalue weighted by atomic mass is 16.4. The lowest BCUT2D eigenvalue weighted by Crippen LogP contribution is -2.61. The smallest absolute Gasteiger partial charge is 0.326 e. The van der Waals surface area contributed by atoms with Crippen LogP contribution in [0.1, 0.15) is 61.1 Å². The van der Waals surface area contributed by atoms with Crippen LogP contribution in [0.4, 0.5) is 0 Å². The van der Waals surface area contributed by atoms with Gasteiger partial charge in [0, 0.05) is 18.3 Å². The number of rotatable bonds is 15. The maximum Gasteiger partial charge on any atom is 0.326 e. The molecule has 0 spiro atoms. The van der Waals surface area contributed by atoms with Gasteiger partial charge in [-0.05, 0) is 23.7 Å². The lowest BCUT2D eigenvalue weighted by Gasteiger charge is -2.29. The standard InChI is InChI=1S/C26H45N7O6/c1-12(2)18(27)23(35)32-19(13(3)4)24(36)30-17(9-16-10-28-11-29-16)22(34)31-20(14(5)6)25(37)33-21(15(7)8)26(38)39/h10-15,17-21H,9,27H2,1-8H3,(H,28,29)(H,30,36)(H,31,34)(H,32,35)(H,33,37)(H,38,39)/t17-,18-,19-,20-,21-/m0/s1. The number of nitrogens with two attached hydrogens (primary N) is 1. The third-order valence-corrected chi connectivity index (χ3v) is 6.36. The van der Waals surface area contributed by atoms with Gasteiger partial charge in [-0.3, -0.25) is 19.2 Å². The van der Waals surface area contributed by atoms with Gasteiger partial charge in [0.05, 0.1) is 12.4 Å². The first-order chi connectivity index (χ1) is 18.1. The van der Waals surface area contributed by atoms with Crippen molar-refractivity contribution in [3.05, 3.63) is 18.2 Å². The molecule has 0 aliphatic rings. The predicted octanol–water partition coefficient (Wildman–Crippen LogP) is -0.0727. The number of amides is 4. The Labute approximate surface area is 229 Å². The zero-order valence-corrected chi connectivity index (χ0v) is 24.1. The number of aromatic amines is 1. The Morgan fingerprint density at radius 1 is 0.744 bits per heavy atom. The van der Waals surface area contributed by atoms with Crippen LogP contribution in [-0.4, -0.2) is 74.9 Å². The van der Waals surface area contributed by atoms with Crippen molar-refractivity contribution in [3.63, 3.8) is 0 Å². The maximum atomic E-state index is 13.4. The van der Waals surface area contributed by atoms with Gasteiger partial charge in [-0.2, -0.15) is 0 Å². The highest BCUT2D eigenvalue weighted by molar-refractivity contribution is 5.95. The molecule has 4 amide bonds. The largest absolute Gasteiger partial charge is 0.480 e. The van der Waals surface area contributed by atoms with Crippen molar-refractivity contribution < 1.29 is 29.1 Å². The summed E-state index contributed by atoms with van der Waals surface area (Å²) in [5, 5.41) is 20.0. The van der Waals surface area contributed by atoms with Crippen LogP contribution in [0.5, 0.6) is 0 Å². The number of aliphatic carboxylic acids is 1. The van der Waals surface area contributed by atoms with Gasteiger partial charge >= 0.3 is 5.97 Å². The third kappa shape index (κ3) is 10.3. The van der Waals surface area contributed by atoms with Crippen LogP contribution in [0.2, 0.25) is 0 Å². The summed E-state index contributed by atoms with van der Waals surface area (Å²) in [6.07, 6.45) is 2.96. The van der Waals surface area contributed by atoms with E-state index in [0.29, 0.717) is 5.69 Å². The maximum absolute atomic E-state index is 13.4. The molecular formula is C26H45N7O6. The number of carbonyl (C=O) groups is 5. The molecule has 0 aliphatic carbocycles. The van der Waals surface area contributed by atoms with E-state index in [9.17, 15) is 29.1 Å². The van der Waals surface area contributed by atoms with E-state index in [1.54, 1.807) is 55.4 Å². The Balaban J connectivity index is 3.17. The fourth-order valence-corrected chi connectivity index (χ4v) is 3.72. The van der Waals surface area contributed by atoms with Crippen molar-refractivity contribution in [2.45, 2.75) is 92.0 Å². The molecule has 39 heavy (non-hydrogen) atoms. The van der Waals surface area contributed by atoms with E-state index in [2.05, 4.69) is 31.2 Å². The summed E-state index contributed by atoms with van der Waals surface area (Å²) in [6, 6.07) is -5.11. The summed E-state index contributed by atoms with van der Waals surface area (Å²) in [7, 11) is 0. The quantitative estimate of drug-likeness (QED) is 0.156. The van der Waals surface area contributed by atoms with Crippen LogP contribution in [0, 0.1) is 23.7 Å². The lowest BCUT2D eigenvalue weighted by molar-refractivity contribution is -0.144. The Morgan fingerprint density at radius 3 is 1.62 bits per heavy atom. The van der Waals surface area contributed by atoms with Crippen LogP contribution in [0.3, 0.4) is 0 Å². The van der Waals surface area contributed by atoms with Crippen LogP contribution in [-0.2, 0) is 30.4 Å². The zero-order valence-electron chi connectivity index (χ0n) is 24.1.